The van der Waals surface area contributed by atoms with E-state index < -0.39 is 7.14 Å². The van der Waals surface area contributed by atoms with Crippen LogP contribution in [0.1, 0.15) is 52.0 Å². The minimum absolute atomic E-state index is 0.00547. The van der Waals surface area contributed by atoms with Gasteiger partial charge in [-0.25, -0.2) is 0 Å². The average Bonchev–Trinajstić information content (AvgIpc) is 2.67. The van der Waals surface area contributed by atoms with Gasteiger partial charge in [0.15, 0.2) is 0 Å². The molecule has 0 saturated heterocycles. The molecule has 2 atom stereocenters. The minimum Gasteiger partial charge on any atom is -0.469 e. The molecule has 150 valence electrons. The number of allylic oxidation sites excluding steroid dienone is 1. The van der Waals surface area contributed by atoms with Crippen molar-refractivity contribution in [2.24, 2.45) is 0 Å². The van der Waals surface area contributed by atoms with E-state index >= 15 is 0 Å². The molecular weight excluding hydrogens is 367 g/mol. The third-order valence-electron chi connectivity index (χ3n) is 5.02. The van der Waals surface area contributed by atoms with Crippen molar-refractivity contribution < 1.29 is 14.1 Å². The fourth-order valence-corrected chi connectivity index (χ4v) is 6.03. The van der Waals surface area contributed by atoms with Crippen LogP contribution in [0.5, 0.6) is 0 Å². The van der Waals surface area contributed by atoms with Crippen LogP contribution in [0.15, 0.2) is 72.1 Å². The highest BCUT2D eigenvalue weighted by molar-refractivity contribution is 7.75. The first-order valence-corrected chi connectivity index (χ1v) is 11.4. The normalized spacial score (nSPS) is 15.5. The molecule has 0 aliphatic rings. The Balaban J connectivity index is 2.39. The van der Waals surface area contributed by atoms with Gasteiger partial charge in [0.2, 0.25) is 0 Å². The van der Waals surface area contributed by atoms with Gasteiger partial charge < -0.3 is 9.30 Å². The van der Waals surface area contributed by atoms with Crippen LogP contribution in [-0.4, -0.2) is 18.2 Å². The first-order chi connectivity index (χ1) is 13.2. The zero-order valence-corrected chi connectivity index (χ0v) is 18.4. The smallest absolute Gasteiger partial charge is 0.306 e. The monoisotopic (exact) mass is 398 g/mol. The fraction of sp³-hybridized carbons (Fsp3) is 0.375. The number of methoxy groups -OCH3 is 1. The molecule has 0 saturated carbocycles. The Hall–Kier alpha value is -2.12. The lowest BCUT2D eigenvalue weighted by atomic mass is 9.90. The van der Waals surface area contributed by atoms with Crippen LogP contribution in [0.25, 0.3) is 0 Å². The van der Waals surface area contributed by atoms with Crippen molar-refractivity contribution in [2.45, 2.75) is 51.6 Å². The molecule has 0 spiro atoms. The van der Waals surface area contributed by atoms with Crippen LogP contribution in [0.3, 0.4) is 0 Å². The van der Waals surface area contributed by atoms with Crippen molar-refractivity contribution in [2.75, 3.05) is 7.11 Å². The summed E-state index contributed by atoms with van der Waals surface area (Å²) >= 11 is 0. The van der Waals surface area contributed by atoms with E-state index in [2.05, 4.69) is 0 Å². The predicted octanol–water partition coefficient (Wildman–Crippen LogP) is 6.11. The number of esters is 1. The molecule has 2 aromatic carbocycles. The predicted molar refractivity (Wildman–Crippen MR) is 118 cm³/mol. The van der Waals surface area contributed by atoms with E-state index in [1.54, 1.807) is 0 Å². The molecule has 0 fully saturated rings. The number of hydrogen-bond acceptors (Lipinski definition) is 3. The molecular formula is C24H31O3P. The highest BCUT2D eigenvalue weighted by atomic mass is 31.2. The van der Waals surface area contributed by atoms with Gasteiger partial charge in [-0.2, -0.15) is 0 Å². The molecule has 0 aromatic heterocycles. The van der Waals surface area contributed by atoms with Gasteiger partial charge in [-0.1, -0.05) is 87.0 Å². The van der Waals surface area contributed by atoms with Crippen molar-refractivity contribution in [3.63, 3.8) is 0 Å². The van der Waals surface area contributed by atoms with E-state index in [9.17, 15) is 9.36 Å². The molecule has 0 heterocycles. The van der Waals surface area contributed by atoms with E-state index in [0.717, 1.165) is 16.4 Å². The summed E-state index contributed by atoms with van der Waals surface area (Å²) in [5.74, 6) is 1.72. The number of carbonyl (C=O) groups excluding carboxylic acids is 1. The lowest BCUT2D eigenvalue weighted by Crippen LogP contribution is -2.22. The number of carbonyl (C=O) groups is 1. The van der Waals surface area contributed by atoms with Crippen LogP contribution in [0.4, 0.5) is 0 Å². The molecule has 0 N–H and O–H groups in total. The minimum atomic E-state index is -2.78. The third kappa shape index (κ3) is 5.45. The summed E-state index contributed by atoms with van der Waals surface area (Å²) in [6.07, 6.45) is 0.961. The van der Waals surface area contributed by atoms with Gasteiger partial charge in [0.05, 0.1) is 13.5 Å². The van der Waals surface area contributed by atoms with Crippen molar-refractivity contribution >= 4 is 18.4 Å². The van der Waals surface area contributed by atoms with Gasteiger partial charge in [0.1, 0.15) is 7.14 Å². The molecule has 2 aromatic rings. The lowest BCUT2D eigenvalue weighted by molar-refractivity contribution is -0.141. The van der Waals surface area contributed by atoms with Gasteiger partial charge in [-0.3, -0.25) is 4.79 Å². The van der Waals surface area contributed by atoms with Crippen LogP contribution in [0.2, 0.25) is 0 Å². The topological polar surface area (TPSA) is 43.4 Å². The maximum Gasteiger partial charge on any atom is 0.306 e. The second-order valence-electron chi connectivity index (χ2n) is 8.23. The standard InChI is InChI=1S/C24H31O3P/c1-19(16-21(17-23(25)27-5)20-12-8-6-9-13-20)18-28(26,24(2,3)4)22-14-10-7-11-15-22/h6-15,18,21H,16-17H2,1-5H3/b19-18+. The number of benzene rings is 2. The summed E-state index contributed by atoms with van der Waals surface area (Å²) in [5, 5.41) is 0.478. The second kappa shape index (κ2) is 9.39. The average molecular weight is 398 g/mol. The van der Waals surface area contributed by atoms with E-state index in [0.29, 0.717) is 12.8 Å². The van der Waals surface area contributed by atoms with Crippen LogP contribution in [0, 0.1) is 0 Å². The van der Waals surface area contributed by atoms with Crippen molar-refractivity contribution in [1.29, 1.82) is 0 Å². The molecule has 0 radical (unpaired) electrons. The van der Waals surface area contributed by atoms with Gasteiger partial charge in [0, 0.05) is 10.5 Å². The quantitative estimate of drug-likeness (QED) is 0.417. The van der Waals surface area contributed by atoms with Crippen molar-refractivity contribution in [1.82, 2.24) is 0 Å². The van der Waals surface area contributed by atoms with E-state index in [1.807, 2.05) is 94.2 Å². The molecule has 0 aliphatic heterocycles. The van der Waals surface area contributed by atoms with Crippen molar-refractivity contribution in [3.8, 4) is 0 Å². The molecule has 2 rings (SSSR count). The van der Waals surface area contributed by atoms with Crippen molar-refractivity contribution in [3.05, 3.63) is 77.6 Å². The highest BCUT2D eigenvalue weighted by Gasteiger charge is 2.36. The van der Waals surface area contributed by atoms with E-state index in [4.69, 9.17) is 4.74 Å². The number of hydrogen-bond donors (Lipinski definition) is 0. The molecule has 0 bridgehead atoms. The number of rotatable bonds is 7. The Morgan fingerprint density at radius 1 is 1.00 bits per heavy atom. The maximum atomic E-state index is 14.1. The van der Waals surface area contributed by atoms with Crippen LogP contribution < -0.4 is 5.30 Å². The molecule has 2 unspecified atom stereocenters. The Bertz CT molecular complexity index is 848. The Kier molecular flexibility index (Phi) is 7.43. The van der Waals surface area contributed by atoms with E-state index in [1.165, 1.54) is 7.11 Å². The fourth-order valence-electron chi connectivity index (χ4n) is 3.37. The summed E-state index contributed by atoms with van der Waals surface area (Å²) < 4.78 is 19.0. The molecule has 28 heavy (non-hydrogen) atoms. The Morgan fingerprint density at radius 3 is 2.04 bits per heavy atom. The number of ether oxygens (including phenoxy) is 1. The zero-order chi connectivity index (χ0) is 20.8. The Morgan fingerprint density at radius 2 is 1.54 bits per heavy atom. The lowest BCUT2D eigenvalue weighted by Gasteiger charge is -2.30. The summed E-state index contributed by atoms with van der Waals surface area (Å²) in [5.41, 5.74) is 2.12. The highest BCUT2D eigenvalue weighted by Crippen LogP contribution is 2.59. The first kappa shape index (κ1) is 22.2. The zero-order valence-electron chi connectivity index (χ0n) is 17.5. The molecule has 3 nitrogen and oxygen atoms in total. The van der Waals surface area contributed by atoms with E-state index in [-0.39, 0.29) is 17.0 Å². The van der Waals surface area contributed by atoms with Crippen LogP contribution in [-0.2, 0) is 14.1 Å². The first-order valence-electron chi connectivity index (χ1n) is 9.63. The summed E-state index contributed by atoms with van der Waals surface area (Å²) in [7, 11) is -1.37. The third-order valence-corrected chi connectivity index (χ3v) is 8.88. The summed E-state index contributed by atoms with van der Waals surface area (Å²) in [6.45, 7) is 8.07. The van der Waals surface area contributed by atoms with Gasteiger partial charge in [-0.05, 0) is 30.6 Å². The maximum absolute atomic E-state index is 14.1. The largest absolute Gasteiger partial charge is 0.469 e. The SMILES string of the molecule is COC(=O)CC(C/C(C)=C/P(=O)(c1ccccc1)C(C)(C)C)c1ccccc1. The summed E-state index contributed by atoms with van der Waals surface area (Å²) in [6, 6.07) is 19.7. The molecule has 4 heteroatoms. The van der Waals surface area contributed by atoms with Gasteiger partial charge in [0.25, 0.3) is 0 Å². The summed E-state index contributed by atoms with van der Waals surface area (Å²) in [4.78, 5) is 11.9. The molecule has 0 aliphatic carbocycles. The van der Waals surface area contributed by atoms with Gasteiger partial charge in [-0.15, -0.1) is 0 Å². The van der Waals surface area contributed by atoms with Crippen LogP contribution >= 0.6 is 7.14 Å². The Labute approximate surface area is 169 Å². The second-order valence-corrected chi connectivity index (χ2v) is 11.7. The van der Waals surface area contributed by atoms with Gasteiger partial charge >= 0.3 is 5.97 Å². The molecule has 0 amide bonds.